The molecule has 134 valence electrons. The lowest BCUT2D eigenvalue weighted by molar-refractivity contribution is -0.128. The van der Waals surface area contributed by atoms with Gasteiger partial charge in [-0.1, -0.05) is 42.5 Å². The molecule has 2 aromatic carbocycles. The van der Waals surface area contributed by atoms with Gasteiger partial charge in [0.25, 0.3) is 5.91 Å². The Kier molecular flexibility index (Phi) is 5.58. The monoisotopic (exact) mass is 354 g/mol. The van der Waals surface area contributed by atoms with Crippen molar-refractivity contribution < 1.29 is 13.9 Å². The third-order valence-electron chi connectivity index (χ3n) is 3.84. The molecule has 3 rings (SSSR count). The van der Waals surface area contributed by atoms with Crippen LogP contribution in [-0.4, -0.2) is 27.0 Å². The maximum absolute atomic E-state index is 13.7. The maximum Gasteiger partial charge on any atom is 0.261 e. The van der Waals surface area contributed by atoms with E-state index in [0.717, 1.165) is 5.56 Å². The summed E-state index contributed by atoms with van der Waals surface area (Å²) < 4.78 is 19.2. The van der Waals surface area contributed by atoms with Gasteiger partial charge in [0.1, 0.15) is 0 Å². The first-order chi connectivity index (χ1) is 12.6. The number of halogens is 1. The summed E-state index contributed by atoms with van der Waals surface area (Å²) in [6.07, 6.45) is 2.30. The molecule has 0 bridgehead atoms. The van der Waals surface area contributed by atoms with Crippen molar-refractivity contribution in [3.63, 3.8) is 0 Å². The van der Waals surface area contributed by atoms with Crippen LogP contribution in [0, 0.1) is 5.82 Å². The molecule has 2 unspecified atom stereocenters. The molecule has 1 N–H and O–H groups in total. The number of ether oxygens (including phenoxy) is 1. The average molecular weight is 354 g/mol. The van der Waals surface area contributed by atoms with Gasteiger partial charge in [0, 0.05) is 0 Å². The molecule has 26 heavy (non-hydrogen) atoms. The number of nitrogens with zero attached hydrogens (tertiary/aromatic N) is 3. The van der Waals surface area contributed by atoms with E-state index in [1.54, 1.807) is 31.5 Å². The van der Waals surface area contributed by atoms with E-state index in [2.05, 4.69) is 15.5 Å². The first kappa shape index (κ1) is 17.6. The number of hydrogen-bond acceptors (Lipinski definition) is 4. The van der Waals surface area contributed by atoms with Crippen molar-refractivity contribution in [2.24, 2.45) is 0 Å². The van der Waals surface area contributed by atoms with Crippen LogP contribution >= 0.6 is 0 Å². The molecular weight excluding hydrogens is 335 g/mol. The highest BCUT2D eigenvalue weighted by Crippen LogP contribution is 2.18. The Hall–Kier alpha value is -3.22. The number of hydrogen-bond donors (Lipinski definition) is 1. The number of benzene rings is 2. The minimum atomic E-state index is -0.858. The van der Waals surface area contributed by atoms with E-state index < -0.39 is 11.9 Å². The first-order valence-electron chi connectivity index (χ1n) is 8.24. The number of rotatable bonds is 7. The van der Waals surface area contributed by atoms with Crippen LogP contribution in [0.2, 0.25) is 0 Å². The molecule has 0 aliphatic carbocycles. The van der Waals surface area contributed by atoms with Crippen molar-refractivity contribution in [3.05, 3.63) is 78.4 Å². The van der Waals surface area contributed by atoms with E-state index in [1.165, 1.54) is 16.9 Å². The van der Waals surface area contributed by atoms with Gasteiger partial charge < -0.3 is 10.1 Å². The number of aromatic nitrogens is 3. The van der Waals surface area contributed by atoms with E-state index in [9.17, 15) is 9.18 Å². The van der Waals surface area contributed by atoms with Gasteiger partial charge in [0.2, 0.25) is 0 Å². The fraction of sp³-hybridized carbons (Fsp3) is 0.211. The van der Waals surface area contributed by atoms with Gasteiger partial charge in [-0.05, 0) is 24.6 Å². The summed E-state index contributed by atoms with van der Waals surface area (Å²) in [6, 6.07) is 15.2. The normalized spacial score (nSPS) is 13.0. The molecule has 0 radical (unpaired) electrons. The molecule has 0 saturated heterocycles. The van der Waals surface area contributed by atoms with Gasteiger partial charge in [-0.25, -0.2) is 4.39 Å². The lowest BCUT2D eigenvalue weighted by Crippen LogP contribution is -2.40. The number of amides is 1. The van der Waals surface area contributed by atoms with Crippen LogP contribution in [0.25, 0.3) is 0 Å². The van der Waals surface area contributed by atoms with Crippen molar-refractivity contribution in [3.8, 4) is 5.75 Å². The highest BCUT2D eigenvalue weighted by Gasteiger charge is 2.22. The van der Waals surface area contributed by atoms with Gasteiger partial charge in [0.15, 0.2) is 17.7 Å². The van der Waals surface area contributed by atoms with E-state index in [0.29, 0.717) is 6.54 Å². The second-order valence-electron chi connectivity index (χ2n) is 5.75. The first-order valence-corrected chi connectivity index (χ1v) is 8.24. The van der Waals surface area contributed by atoms with Crippen LogP contribution in [0.1, 0.15) is 18.5 Å². The molecule has 6 nitrogen and oxygen atoms in total. The maximum atomic E-state index is 13.7. The Bertz CT molecular complexity index is 840. The third-order valence-corrected chi connectivity index (χ3v) is 3.84. The van der Waals surface area contributed by atoms with E-state index in [1.807, 2.05) is 30.3 Å². The predicted octanol–water partition coefficient (Wildman–Crippen LogP) is 2.74. The molecule has 2 atom stereocenters. The average Bonchev–Trinajstić information content (AvgIpc) is 3.17. The van der Waals surface area contributed by atoms with E-state index in [4.69, 9.17) is 4.74 Å². The SMILES string of the molecule is CC(Oc1ccccc1F)C(=O)NC(Cn1nccn1)c1ccccc1. The fourth-order valence-corrected chi connectivity index (χ4v) is 2.49. The van der Waals surface area contributed by atoms with E-state index >= 15 is 0 Å². The fourth-order valence-electron chi connectivity index (χ4n) is 2.49. The second-order valence-corrected chi connectivity index (χ2v) is 5.75. The summed E-state index contributed by atoms with van der Waals surface area (Å²) in [7, 11) is 0. The highest BCUT2D eigenvalue weighted by atomic mass is 19.1. The summed E-state index contributed by atoms with van der Waals surface area (Å²) in [5.74, 6) is -0.818. The molecule has 3 aromatic rings. The van der Waals surface area contributed by atoms with Crippen molar-refractivity contribution in [2.75, 3.05) is 0 Å². The molecule has 0 aliphatic heterocycles. The Morgan fingerprint density at radius 3 is 2.46 bits per heavy atom. The minimum absolute atomic E-state index is 0.0418. The summed E-state index contributed by atoms with van der Waals surface area (Å²) >= 11 is 0. The highest BCUT2D eigenvalue weighted by molar-refractivity contribution is 5.81. The van der Waals surface area contributed by atoms with Crippen LogP contribution < -0.4 is 10.1 Å². The van der Waals surface area contributed by atoms with Crippen LogP contribution in [0.3, 0.4) is 0 Å². The number of carbonyl (C=O) groups is 1. The Morgan fingerprint density at radius 1 is 1.12 bits per heavy atom. The molecular formula is C19H19FN4O2. The molecule has 1 heterocycles. The predicted molar refractivity (Wildman–Crippen MR) is 93.8 cm³/mol. The second kappa shape index (κ2) is 8.24. The topological polar surface area (TPSA) is 69.0 Å². The quantitative estimate of drug-likeness (QED) is 0.708. The van der Waals surface area contributed by atoms with E-state index in [-0.39, 0.29) is 17.7 Å². The number of nitrogens with one attached hydrogen (secondary N) is 1. The molecule has 1 aromatic heterocycles. The van der Waals surface area contributed by atoms with Gasteiger partial charge in [-0.2, -0.15) is 15.0 Å². The van der Waals surface area contributed by atoms with Crippen LogP contribution in [0.4, 0.5) is 4.39 Å². The largest absolute Gasteiger partial charge is 0.478 e. The number of carbonyl (C=O) groups excluding carboxylic acids is 1. The molecule has 0 saturated carbocycles. The smallest absolute Gasteiger partial charge is 0.261 e. The van der Waals surface area contributed by atoms with Crippen molar-refractivity contribution in [2.45, 2.75) is 25.6 Å². The number of para-hydroxylation sites is 1. The zero-order valence-corrected chi connectivity index (χ0v) is 14.2. The summed E-state index contributed by atoms with van der Waals surface area (Å²) in [6.45, 7) is 1.95. The summed E-state index contributed by atoms with van der Waals surface area (Å²) in [4.78, 5) is 14.1. The van der Waals surface area contributed by atoms with Crippen LogP contribution in [-0.2, 0) is 11.3 Å². The lowest BCUT2D eigenvalue weighted by atomic mass is 10.1. The molecule has 0 fully saturated rings. The Balaban J connectivity index is 1.71. The molecule has 1 amide bonds. The van der Waals surface area contributed by atoms with Crippen molar-refractivity contribution >= 4 is 5.91 Å². The zero-order chi connectivity index (χ0) is 18.4. The third kappa shape index (κ3) is 4.44. The minimum Gasteiger partial charge on any atom is -0.478 e. The van der Waals surface area contributed by atoms with Crippen LogP contribution in [0.15, 0.2) is 67.0 Å². The van der Waals surface area contributed by atoms with Crippen molar-refractivity contribution in [1.29, 1.82) is 0 Å². The molecule has 0 spiro atoms. The van der Waals surface area contributed by atoms with Gasteiger partial charge in [-0.3, -0.25) is 4.79 Å². The summed E-state index contributed by atoms with van der Waals surface area (Å²) in [5.41, 5.74) is 0.913. The lowest BCUT2D eigenvalue weighted by Gasteiger charge is -2.22. The zero-order valence-electron chi connectivity index (χ0n) is 14.2. The Morgan fingerprint density at radius 2 is 1.77 bits per heavy atom. The van der Waals surface area contributed by atoms with Crippen molar-refractivity contribution in [1.82, 2.24) is 20.3 Å². The van der Waals surface area contributed by atoms with Crippen LogP contribution in [0.5, 0.6) is 5.75 Å². The molecule has 0 aliphatic rings. The van der Waals surface area contributed by atoms with Gasteiger partial charge in [0.05, 0.1) is 25.0 Å². The standard InChI is InChI=1S/C19H19FN4O2/c1-14(26-18-10-6-5-9-16(18)20)19(25)23-17(13-24-21-11-12-22-24)15-7-3-2-4-8-15/h2-12,14,17H,13H2,1H3,(H,23,25). The Labute approximate surface area is 150 Å². The van der Waals surface area contributed by atoms with Gasteiger partial charge in [-0.15, -0.1) is 0 Å². The van der Waals surface area contributed by atoms with Gasteiger partial charge >= 0.3 is 0 Å². The summed E-state index contributed by atoms with van der Waals surface area (Å²) in [5, 5.41) is 11.1. The molecule has 7 heteroatoms.